The molecule has 224 valence electrons. The quantitative estimate of drug-likeness (QED) is 0.176. The first kappa shape index (κ1) is 32.0. The van der Waals surface area contributed by atoms with Gasteiger partial charge in [-0.2, -0.15) is 8.42 Å². The summed E-state index contributed by atoms with van der Waals surface area (Å²) >= 11 is 16.1. The number of primary amides is 1. The number of carbonyl (C=O) groups excluding carboxylic acids is 1. The van der Waals surface area contributed by atoms with Crippen LogP contribution in [0.4, 0.5) is 5.69 Å². The Hall–Kier alpha value is -3.90. The number of nitrogens with zero attached hydrogens (tertiary/aromatic N) is 1. The summed E-state index contributed by atoms with van der Waals surface area (Å²) in [5.41, 5.74) is 6.89. The maximum absolute atomic E-state index is 12.7. The van der Waals surface area contributed by atoms with Gasteiger partial charge in [0.05, 0.1) is 30.0 Å². The molecule has 0 saturated carbocycles. The zero-order chi connectivity index (χ0) is 31.1. The van der Waals surface area contributed by atoms with E-state index in [2.05, 4.69) is 15.9 Å². The van der Waals surface area contributed by atoms with Gasteiger partial charge in [-0.05, 0) is 66.2 Å². The van der Waals surface area contributed by atoms with E-state index >= 15 is 0 Å². The van der Waals surface area contributed by atoms with Crippen LogP contribution >= 0.6 is 39.1 Å². The van der Waals surface area contributed by atoms with Crippen molar-refractivity contribution in [1.82, 2.24) is 0 Å². The standard InChI is InChI=1S/C30H25BrCl2N2O7S/c1-39-21-7-3-18(4-8-21)17-41-27-12-11-23(42-29-24(32)13-20(31)14-25(29)33)15-26(27)35(16-28(34)36)30(43(37)38)19-5-9-22(40-2)10-6-19/h3-15H,16-17H2,1-2H3,(H2,34,36). The van der Waals surface area contributed by atoms with Gasteiger partial charge in [-0.3, -0.25) is 4.79 Å². The van der Waals surface area contributed by atoms with Crippen LogP contribution in [0.1, 0.15) is 11.1 Å². The lowest BCUT2D eigenvalue weighted by atomic mass is 10.1. The van der Waals surface area contributed by atoms with Gasteiger partial charge in [0.1, 0.15) is 36.1 Å². The van der Waals surface area contributed by atoms with Gasteiger partial charge in [-0.15, -0.1) is 0 Å². The number of nitrogens with two attached hydrogens (primary N) is 1. The third kappa shape index (κ3) is 8.14. The minimum Gasteiger partial charge on any atom is -0.497 e. The van der Waals surface area contributed by atoms with Gasteiger partial charge in [0, 0.05) is 16.1 Å². The molecular formula is C30H25BrCl2N2O7S. The Labute approximate surface area is 268 Å². The highest BCUT2D eigenvalue weighted by Gasteiger charge is 2.25. The largest absolute Gasteiger partial charge is 0.497 e. The number of methoxy groups -OCH3 is 2. The third-order valence-corrected chi connectivity index (χ3v) is 7.80. The van der Waals surface area contributed by atoms with Crippen LogP contribution in [0.25, 0.3) is 0 Å². The first-order valence-electron chi connectivity index (χ1n) is 12.5. The van der Waals surface area contributed by atoms with Crippen molar-refractivity contribution in [2.24, 2.45) is 5.73 Å². The summed E-state index contributed by atoms with van der Waals surface area (Å²) in [6.45, 7) is -0.387. The van der Waals surface area contributed by atoms with Gasteiger partial charge < -0.3 is 29.6 Å². The Balaban J connectivity index is 1.84. The van der Waals surface area contributed by atoms with E-state index in [0.717, 1.165) is 5.56 Å². The van der Waals surface area contributed by atoms with E-state index < -0.39 is 22.7 Å². The first-order valence-corrected chi connectivity index (χ1v) is 15.1. The molecule has 13 heteroatoms. The number of hydrogen-bond donors (Lipinski definition) is 1. The highest BCUT2D eigenvalue weighted by Crippen LogP contribution is 2.41. The fraction of sp³-hybridized carbons (Fsp3) is 0.133. The second kappa shape index (κ2) is 14.5. The molecule has 0 aliphatic rings. The van der Waals surface area contributed by atoms with Crippen LogP contribution in [-0.4, -0.2) is 40.1 Å². The number of hydrogen-bond acceptors (Lipinski definition) is 7. The van der Waals surface area contributed by atoms with Crippen LogP contribution in [-0.2, 0) is 21.7 Å². The lowest BCUT2D eigenvalue weighted by molar-refractivity contribution is -0.116. The number of rotatable bonds is 11. The molecule has 0 fully saturated rings. The van der Waals surface area contributed by atoms with E-state index in [9.17, 15) is 13.2 Å². The number of carbonyl (C=O) groups is 1. The first-order chi connectivity index (χ1) is 20.6. The molecule has 4 rings (SSSR count). The Kier molecular flexibility index (Phi) is 10.8. The number of amides is 1. The van der Waals surface area contributed by atoms with Crippen LogP contribution in [0.5, 0.6) is 28.7 Å². The van der Waals surface area contributed by atoms with Crippen molar-refractivity contribution < 1.29 is 32.2 Å². The molecule has 0 radical (unpaired) electrons. The molecule has 0 heterocycles. The maximum Gasteiger partial charge on any atom is 0.239 e. The van der Waals surface area contributed by atoms with Gasteiger partial charge in [-0.25, -0.2) is 0 Å². The molecule has 4 aromatic carbocycles. The highest BCUT2D eigenvalue weighted by atomic mass is 79.9. The van der Waals surface area contributed by atoms with Gasteiger partial charge >= 0.3 is 0 Å². The molecule has 0 saturated heterocycles. The van der Waals surface area contributed by atoms with Crippen molar-refractivity contribution in [3.05, 3.63) is 105 Å². The molecule has 9 nitrogen and oxygen atoms in total. The van der Waals surface area contributed by atoms with E-state index in [1.54, 1.807) is 67.8 Å². The molecule has 0 aliphatic heterocycles. The average Bonchev–Trinajstić information content (AvgIpc) is 2.98. The number of benzene rings is 4. The second-order valence-electron chi connectivity index (χ2n) is 8.89. The van der Waals surface area contributed by atoms with Gasteiger partial charge in [0.25, 0.3) is 0 Å². The van der Waals surface area contributed by atoms with Crippen molar-refractivity contribution in [1.29, 1.82) is 0 Å². The highest BCUT2D eigenvalue weighted by molar-refractivity contribution is 9.10. The van der Waals surface area contributed by atoms with Crippen molar-refractivity contribution in [3.63, 3.8) is 0 Å². The fourth-order valence-corrected chi connectivity index (χ4v) is 5.98. The Morgan fingerprint density at radius 2 is 1.42 bits per heavy atom. The lowest BCUT2D eigenvalue weighted by Gasteiger charge is -2.26. The lowest BCUT2D eigenvalue weighted by Crippen LogP contribution is -2.39. The molecule has 0 bridgehead atoms. The van der Waals surface area contributed by atoms with Crippen molar-refractivity contribution in [3.8, 4) is 28.7 Å². The van der Waals surface area contributed by atoms with E-state index in [-0.39, 0.29) is 50.1 Å². The number of halogens is 3. The molecule has 0 unspecified atom stereocenters. The van der Waals surface area contributed by atoms with Crippen molar-refractivity contribution >= 4 is 66.0 Å². The topological polar surface area (TPSA) is 117 Å². The molecule has 1 amide bonds. The van der Waals surface area contributed by atoms with E-state index in [0.29, 0.717) is 16.0 Å². The monoisotopic (exact) mass is 706 g/mol. The molecule has 0 aromatic heterocycles. The summed E-state index contributed by atoms with van der Waals surface area (Å²) in [7, 11) is 0.232. The average molecular weight is 708 g/mol. The van der Waals surface area contributed by atoms with Gasteiger partial charge in [0.2, 0.25) is 16.2 Å². The third-order valence-electron chi connectivity index (χ3n) is 6.01. The molecule has 0 spiro atoms. The predicted molar refractivity (Wildman–Crippen MR) is 171 cm³/mol. The number of ether oxygens (including phenoxy) is 4. The second-order valence-corrected chi connectivity index (χ2v) is 11.5. The smallest absolute Gasteiger partial charge is 0.239 e. The molecule has 0 aliphatic carbocycles. The minimum atomic E-state index is -2.83. The van der Waals surface area contributed by atoms with Crippen molar-refractivity contribution in [2.75, 3.05) is 25.7 Å². The predicted octanol–water partition coefficient (Wildman–Crippen LogP) is 6.49. The summed E-state index contributed by atoms with van der Waals surface area (Å²) in [5.74, 6) is 1.07. The van der Waals surface area contributed by atoms with E-state index in [1.807, 2.05) is 12.1 Å². The molecule has 43 heavy (non-hydrogen) atoms. The van der Waals surface area contributed by atoms with Crippen molar-refractivity contribution in [2.45, 2.75) is 6.61 Å². The van der Waals surface area contributed by atoms with Crippen LogP contribution in [0.15, 0.2) is 83.3 Å². The summed E-state index contributed by atoms with van der Waals surface area (Å²) in [4.78, 5) is 13.3. The Bertz CT molecular complexity index is 1740. The molecule has 0 atom stereocenters. The fourth-order valence-electron chi connectivity index (χ4n) is 4.02. The zero-order valence-electron chi connectivity index (χ0n) is 22.8. The summed E-state index contributed by atoms with van der Waals surface area (Å²) in [5, 5.41) is 0.474. The minimum absolute atomic E-state index is 0.115. The maximum atomic E-state index is 12.7. The molecule has 2 N–H and O–H groups in total. The van der Waals surface area contributed by atoms with Gasteiger partial charge in [0.15, 0.2) is 10.7 Å². The molecule has 4 aromatic rings. The summed E-state index contributed by atoms with van der Waals surface area (Å²) in [6.07, 6.45) is 0. The summed E-state index contributed by atoms with van der Waals surface area (Å²) < 4.78 is 48.7. The van der Waals surface area contributed by atoms with E-state index in [1.165, 1.54) is 18.1 Å². The molecular weight excluding hydrogens is 683 g/mol. The summed E-state index contributed by atoms with van der Waals surface area (Å²) in [6, 6.07) is 21.5. The SMILES string of the molecule is COc1ccc(COc2ccc(Oc3c(Cl)cc(Br)cc3Cl)cc2N(CC(N)=O)C(c2ccc(OC)cc2)=S(=O)=O)cc1. The van der Waals surface area contributed by atoms with Crippen LogP contribution in [0.3, 0.4) is 0 Å². The normalized spacial score (nSPS) is 10.5. The van der Waals surface area contributed by atoms with Crippen LogP contribution in [0.2, 0.25) is 10.0 Å². The number of anilines is 1. The van der Waals surface area contributed by atoms with Crippen LogP contribution < -0.4 is 29.6 Å². The Morgan fingerprint density at radius 3 is 1.95 bits per heavy atom. The zero-order valence-corrected chi connectivity index (χ0v) is 26.8. The van der Waals surface area contributed by atoms with Gasteiger partial charge in [-0.1, -0.05) is 51.3 Å². The Morgan fingerprint density at radius 1 is 0.860 bits per heavy atom. The van der Waals surface area contributed by atoms with Crippen LogP contribution in [0, 0.1) is 0 Å². The van der Waals surface area contributed by atoms with E-state index in [4.69, 9.17) is 47.9 Å².